The van der Waals surface area contributed by atoms with Crippen LogP contribution in [0, 0.1) is 11.8 Å². The molecule has 0 aromatic carbocycles. The van der Waals surface area contributed by atoms with E-state index in [1.165, 1.54) is 0 Å². The molecule has 22 heavy (non-hydrogen) atoms. The van der Waals surface area contributed by atoms with Gasteiger partial charge in [-0.1, -0.05) is 5.16 Å². The van der Waals surface area contributed by atoms with E-state index in [0.717, 1.165) is 25.7 Å². The normalized spacial score (nSPS) is 31.5. The molecule has 0 spiro atoms. The van der Waals surface area contributed by atoms with E-state index in [4.69, 9.17) is 9.26 Å². The van der Waals surface area contributed by atoms with Crippen molar-refractivity contribution in [2.75, 3.05) is 12.9 Å². The fraction of sp³-hybridized carbons (Fsp3) is 0.800. The lowest BCUT2D eigenvalue weighted by Gasteiger charge is -2.48. The fourth-order valence-corrected chi connectivity index (χ4v) is 5.82. The average Bonchev–Trinajstić information content (AvgIpc) is 2.85. The van der Waals surface area contributed by atoms with Crippen LogP contribution in [-0.2, 0) is 26.9 Å². The number of aromatic nitrogens is 1. The first-order valence-electron chi connectivity index (χ1n) is 7.76. The van der Waals surface area contributed by atoms with Crippen LogP contribution in [0.15, 0.2) is 10.6 Å². The van der Waals surface area contributed by atoms with E-state index in [9.17, 15) is 13.5 Å². The van der Waals surface area contributed by atoms with Crippen molar-refractivity contribution in [3.8, 4) is 0 Å². The molecule has 6 nitrogen and oxygen atoms in total. The van der Waals surface area contributed by atoms with Crippen molar-refractivity contribution in [3.05, 3.63) is 17.5 Å². The van der Waals surface area contributed by atoms with Gasteiger partial charge < -0.3 is 14.4 Å². The van der Waals surface area contributed by atoms with Gasteiger partial charge in [0.2, 0.25) is 0 Å². The SMILES string of the molecule is COCc1cc(CS(=O)(=O)CC2(O)CC3CCC2CC3)on1. The van der Waals surface area contributed by atoms with Gasteiger partial charge in [0.1, 0.15) is 11.4 Å². The molecule has 1 aromatic heterocycles. The third-order valence-corrected chi connectivity index (χ3v) is 6.64. The van der Waals surface area contributed by atoms with Gasteiger partial charge in [-0.05, 0) is 43.9 Å². The van der Waals surface area contributed by atoms with Gasteiger partial charge in [0.15, 0.2) is 15.6 Å². The molecule has 3 aliphatic rings. The van der Waals surface area contributed by atoms with E-state index >= 15 is 0 Å². The van der Waals surface area contributed by atoms with E-state index in [2.05, 4.69) is 5.16 Å². The molecule has 1 N–H and O–H groups in total. The van der Waals surface area contributed by atoms with Gasteiger partial charge in [-0.2, -0.15) is 0 Å². The fourth-order valence-electron chi connectivity index (χ4n) is 4.04. The standard InChI is InChI=1S/C15H23NO5S/c1-20-8-13-6-14(21-16-13)9-22(18,19)10-15(17)7-11-2-4-12(15)5-3-11/h6,11-12,17H,2-5,7-10H2,1H3. The summed E-state index contributed by atoms with van der Waals surface area (Å²) in [6.45, 7) is 0.289. The van der Waals surface area contributed by atoms with Gasteiger partial charge in [0.05, 0.1) is 18.0 Å². The molecule has 0 aliphatic heterocycles. The van der Waals surface area contributed by atoms with Gasteiger partial charge in [-0.25, -0.2) is 8.42 Å². The highest BCUT2D eigenvalue weighted by Crippen LogP contribution is 2.48. The lowest BCUT2D eigenvalue weighted by atomic mass is 9.63. The van der Waals surface area contributed by atoms with Crippen LogP contribution in [0.1, 0.15) is 43.6 Å². The van der Waals surface area contributed by atoms with Crippen LogP contribution >= 0.6 is 0 Å². The first-order chi connectivity index (χ1) is 10.4. The quantitative estimate of drug-likeness (QED) is 0.854. The van der Waals surface area contributed by atoms with Crippen LogP contribution in [0.4, 0.5) is 0 Å². The third-order valence-electron chi connectivity index (χ3n) is 4.98. The van der Waals surface area contributed by atoms with Gasteiger partial charge in [0.25, 0.3) is 0 Å². The molecular weight excluding hydrogens is 306 g/mol. The molecule has 3 saturated carbocycles. The number of nitrogens with zero attached hydrogens (tertiary/aromatic N) is 1. The highest BCUT2D eigenvalue weighted by atomic mass is 32.2. The number of methoxy groups -OCH3 is 1. The number of ether oxygens (including phenoxy) is 1. The van der Waals surface area contributed by atoms with E-state index in [1.807, 2.05) is 0 Å². The maximum Gasteiger partial charge on any atom is 0.160 e. The summed E-state index contributed by atoms with van der Waals surface area (Å²) in [5.74, 6) is 0.497. The zero-order chi connectivity index (χ0) is 15.8. The Kier molecular flexibility index (Phi) is 4.31. The minimum absolute atomic E-state index is 0.117. The Hall–Kier alpha value is -0.920. The molecular formula is C15H23NO5S. The molecule has 0 amide bonds. The lowest BCUT2D eigenvalue weighted by Crippen LogP contribution is -2.51. The highest BCUT2D eigenvalue weighted by molar-refractivity contribution is 7.90. The number of fused-ring (bicyclic) bond motifs is 3. The van der Waals surface area contributed by atoms with Gasteiger partial charge in [-0.3, -0.25) is 0 Å². The summed E-state index contributed by atoms with van der Waals surface area (Å²) in [5, 5.41) is 14.6. The predicted molar refractivity (Wildman–Crippen MR) is 79.7 cm³/mol. The number of rotatable bonds is 6. The smallest absolute Gasteiger partial charge is 0.160 e. The Balaban J connectivity index is 1.67. The monoisotopic (exact) mass is 329 g/mol. The van der Waals surface area contributed by atoms with Crippen LogP contribution < -0.4 is 0 Å². The molecule has 4 rings (SSSR count). The summed E-state index contributed by atoms with van der Waals surface area (Å²) in [5.41, 5.74) is -0.488. The molecule has 3 fully saturated rings. The zero-order valence-electron chi connectivity index (χ0n) is 12.8. The van der Waals surface area contributed by atoms with E-state index in [-0.39, 0.29) is 24.0 Å². The molecule has 124 valence electrons. The topological polar surface area (TPSA) is 89.6 Å². The molecule has 1 heterocycles. The summed E-state index contributed by atoms with van der Waals surface area (Å²) < 4.78 is 34.9. The Morgan fingerprint density at radius 1 is 1.41 bits per heavy atom. The molecule has 2 bridgehead atoms. The molecule has 3 aliphatic carbocycles. The second kappa shape index (κ2) is 5.94. The van der Waals surface area contributed by atoms with E-state index in [0.29, 0.717) is 23.8 Å². The molecule has 0 radical (unpaired) electrons. The maximum atomic E-state index is 12.4. The Bertz CT molecular complexity index is 618. The Morgan fingerprint density at radius 3 is 2.73 bits per heavy atom. The summed E-state index contributed by atoms with van der Waals surface area (Å²) >= 11 is 0. The van der Waals surface area contributed by atoms with Crippen LogP contribution in [0.25, 0.3) is 0 Å². The molecule has 1 aromatic rings. The Labute approximate surface area is 130 Å². The lowest BCUT2D eigenvalue weighted by molar-refractivity contribution is -0.0801. The summed E-state index contributed by atoms with van der Waals surface area (Å²) in [7, 11) is -1.90. The predicted octanol–water partition coefficient (Wildman–Crippen LogP) is 1.68. The second-order valence-corrected chi connectivity index (χ2v) is 8.84. The first kappa shape index (κ1) is 16.0. The molecule has 1 atom stereocenters. The number of hydrogen-bond donors (Lipinski definition) is 1. The highest BCUT2D eigenvalue weighted by Gasteiger charge is 2.48. The summed E-state index contributed by atoms with van der Waals surface area (Å²) in [6.07, 6.45) is 4.74. The molecule has 0 saturated heterocycles. The van der Waals surface area contributed by atoms with Gasteiger partial charge in [0, 0.05) is 13.2 Å². The van der Waals surface area contributed by atoms with Crippen molar-refractivity contribution >= 4 is 9.84 Å². The van der Waals surface area contributed by atoms with Gasteiger partial charge in [-0.15, -0.1) is 0 Å². The second-order valence-electron chi connectivity index (χ2n) is 6.78. The van der Waals surface area contributed by atoms with Crippen molar-refractivity contribution in [2.24, 2.45) is 11.8 Å². The van der Waals surface area contributed by atoms with Crippen molar-refractivity contribution in [3.63, 3.8) is 0 Å². The van der Waals surface area contributed by atoms with Crippen LogP contribution in [0.5, 0.6) is 0 Å². The zero-order valence-corrected chi connectivity index (χ0v) is 13.6. The number of aliphatic hydroxyl groups is 1. The van der Waals surface area contributed by atoms with Crippen LogP contribution in [0.2, 0.25) is 0 Å². The third kappa shape index (κ3) is 3.36. The van der Waals surface area contributed by atoms with E-state index < -0.39 is 15.4 Å². The van der Waals surface area contributed by atoms with Crippen molar-refractivity contribution in [1.29, 1.82) is 0 Å². The number of hydrogen-bond acceptors (Lipinski definition) is 6. The molecule has 1 unspecified atom stereocenters. The maximum absolute atomic E-state index is 12.4. The minimum Gasteiger partial charge on any atom is -0.389 e. The largest absolute Gasteiger partial charge is 0.389 e. The van der Waals surface area contributed by atoms with Crippen molar-refractivity contribution < 1.29 is 22.8 Å². The summed E-state index contributed by atoms with van der Waals surface area (Å²) in [4.78, 5) is 0. The van der Waals surface area contributed by atoms with Crippen LogP contribution in [0.3, 0.4) is 0 Å². The Morgan fingerprint density at radius 2 is 2.14 bits per heavy atom. The molecule has 7 heteroatoms. The van der Waals surface area contributed by atoms with Crippen molar-refractivity contribution in [2.45, 2.75) is 50.1 Å². The van der Waals surface area contributed by atoms with Gasteiger partial charge >= 0.3 is 0 Å². The van der Waals surface area contributed by atoms with Crippen molar-refractivity contribution in [1.82, 2.24) is 5.16 Å². The average molecular weight is 329 g/mol. The van der Waals surface area contributed by atoms with Crippen LogP contribution in [-0.4, -0.2) is 37.1 Å². The number of sulfone groups is 1. The van der Waals surface area contributed by atoms with E-state index in [1.54, 1.807) is 13.2 Å². The minimum atomic E-state index is -3.44. The first-order valence-corrected chi connectivity index (χ1v) is 9.58. The summed E-state index contributed by atoms with van der Waals surface area (Å²) in [6, 6.07) is 1.60.